The van der Waals surface area contributed by atoms with Crippen LogP contribution in [0.2, 0.25) is 0 Å². The first-order chi connectivity index (χ1) is 8.45. The van der Waals surface area contributed by atoms with Crippen molar-refractivity contribution in [2.45, 2.75) is 40.2 Å². The van der Waals surface area contributed by atoms with Crippen LogP contribution in [0.3, 0.4) is 0 Å². The Labute approximate surface area is 125 Å². The fourth-order valence-corrected chi connectivity index (χ4v) is 3.16. The van der Waals surface area contributed by atoms with Crippen molar-refractivity contribution in [3.8, 4) is 0 Å². The maximum atomic E-state index is 2.60. The van der Waals surface area contributed by atoms with E-state index in [-0.39, 0.29) is 0 Å². The highest BCUT2D eigenvalue weighted by Crippen LogP contribution is 2.34. The molecule has 0 spiro atoms. The van der Waals surface area contributed by atoms with Crippen molar-refractivity contribution in [3.05, 3.63) is 33.4 Å². The molecule has 1 fully saturated rings. The highest BCUT2D eigenvalue weighted by atomic mass is 127. The standard InChI is InChI=1S/C16H24IN/c1-16(2,3)14-8-10-18(11-9-14)12-13-4-6-15(17)7-5-13/h4-7,14H,8-12H2,1-3H3. The van der Waals surface area contributed by atoms with Gasteiger partial charge in [-0.15, -0.1) is 0 Å². The molecule has 100 valence electrons. The third-order valence-electron chi connectivity index (χ3n) is 4.13. The summed E-state index contributed by atoms with van der Waals surface area (Å²) in [4.78, 5) is 2.60. The molecule has 1 aromatic carbocycles. The third kappa shape index (κ3) is 3.95. The predicted octanol–water partition coefficient (Wildman–Crippen LogP) is 4.55. The summed E-state index contributed by atoms with van der Waals surface area (Å²) < 4.78 is 1.32. The lowest BCUT2D eigenvalue weighted by Gasteiger charge is -2.38. The Balaban J connectivity index is 1.85. The molecular formula is C16H24IN. The molecule has 2 heteroatoms. The summed E-state index contributed by atoms with van der Waals surface area (Å²) in [7, 11) is 0. The van der Waals surface area contributed by atoms with E-state index in [4.69, 9.17) is 0 Å². The summed E-state index contributed by atoms with van der Waals surface area (Å²) in [5.74, 6) is 0.894. The number of piperidine rings is 1. The Bertz CT molecular complexity index is 369. The van der Waals surface area contributed by atoms with Gasteiger partial charge in [-0.05, 0) is 77.6 Å². The largest absolute Gasteiger partial charge is 0.299 e. The summed E-state index contributed by atoms with van der Waals surface area (Å²) in [6.45, 7) is 10.8. The Morgan fingerprint density at radius 3 is 2.17 bits per heavy atom. The van der Waals surface area contributed by atoms with Gasteiger partial charge in [0, 0.05) is 10.1 Å². The normalized spacial score (nSPS) is 19.1. The van der Waals surface area contributed by atoms with Crippen molar-refractivity contribution < 1.29 is 0 Å². The molecule has 1 nitrogen and oxygen atoms in total. The first-order valence-electron chi connectivity index (χ1n) is 6.92. The number of nitrogens with zero attached hydrogens (tertiary/aromatic N) is 1. The number of likely N-dealkylation sites (tertiary alicyclic amines) is 1. The molecule has 0 radical (unpaired) electrons. The molecule has 0 saturated carbocycles. The summed E-state index contributed by atoms with van der Waals surface area (Å²) in [6.07, 6.45) is 2.71. The zero-order chi connectivity index (χ0) is 13.2. The second-order valence-electron chi connectivity index (χ2n) is 6.54. The van der Waals surface area contributed by atoms with E-state index in [2.05, 4.69) is 72.5 Å². The maximum absolute atomic E-state index is 2.60. The van der Waals surface area contributed by atoms with Crippen LogP contribution in [0.5, 0.6) is 0 Å². The lowest BCUT2D eigenvalue weighted by Crippen LogP contribution is -2.37. The lowest BCUT2D eigenvalue weighted by molar-refractivity contribution is 0.108. The molecule has 2 rings (SSSR count). The van der Waals surface area contributed by atoms with Gasteiger partial charge in [-0.3, -0.25) is 4.90 Å². The molecule has 0 amide bonds. The Morgan fingerprint density at radius 1 is 1.11 bits per heavy atom. The van der Waals surface area contributed by atoms with Crippen LogP contribution in [0.15, 0.2) is 24.3 Å². The average molecular weight is 357 g/mol. The fourth-order valence-electron chi connectivity index (χ4n) is 2.81. The van der Waals surface area contributed by atoms with Crippen molar-refractivity contribution in [1.82, 2.24) is 4.90 Å². The zero-order valence-corrected chi connectivity index (χ0v) is 13.9. The van der Waals surface area contributed by atoms with Gasteiger partial charge >= 0.3 is 0 Å². The molecule has 18 heavy (non-hydrogen) atoms. The molecule has 1 aromatic rings. The van der Waals surface area contributed by atoms with Crippen LogP contribution in [-0.4, -0.2) is 18.0 Å². The second kappa shape index (κ2) is 5.91. The fraction of sp³-hybridized carbons (Fsp3) is 0.625. The summed E-state index contributed by atoms with van der Waals surface area (Å²) in [5, 5.41) is 0. The lowest BCUT2D eigenvalue weighted by atomic mass is 9.75. The van der Waals surface area contributed by atoms with E-state index < -0.39 is 0 Å². The Hall–Kier alpha value is -0.0900. The number of hydrogen-bond donors (Lipinski definition) is 0. The van der Waals surface area contributed by atoms with E-state index in [1.807, 2.05) is 0 Å². The van der Waals surface area contributed by atoms with Crippen LogP contribution in [0.4, 0.5) is 0 Å². The highest BCUT2D eigenvalue weighted by molar-refractivity contribution is 14.1. The molecule has 0 aliphatic carbocycles. The van der Waals surface area contributed by atoms with Gasteiger partial charge in [0.25, 0.3) is 0 Å². The van der Waals surface area contributed by atoms with E-state index in [0.29, 0.717) is 5.41 Å². The summed E-state index contributed by atoms with van der Waals surface area (Å²) >= 11 is 2.37. The van der Waals surface area contributed by atoms with Crippen molar-refractivity contribution in [2.75, 3.05) is 13.1 Å². The predicted molar refractivity (Wildman–Crippen MR) is 86.6 cm³/mol. The maximum Gasteiger partial charge on any atom is 0.0233 e. The van der Waals surface area contributed by atoms with Crippen molar-refractivity contribution >= 4 is 22.6 Å². The molecule has 1 heterocycles. The van der Waals surface area contributed by atoms with Crippen LogP contribution in [0.1, 0.15) is 39.2 Å². The minimum Gasteiger partial charge on any atom is -0.299 e. The zero-order valence-electron chi connectivity index (χ0n) is 11.7. The van der Waals surface area contributed by atoms with Gasteiger partial charge < -0.3 is 0 Å². The molecule has 1 aliphatic rings. The highest BCUT2D eigenvalue weighted by Gasteiger charge is 2.28. The first kappa shape index (κ1) is 14.3. The second-order valence-corrected chi connectivity index (χ2v) is 7.79. The van der Waals surface area contributed by atoms with Gasteiger partial charge in [0.15, 0.2) is 0 Å². The van der Waals surface area contributed by atoms with Crippen LogP contribution >= 0.6 is 22.6 Å². The Kier molecular flexibility index (Phi) is 4.70. The SMILES string of the molecule is CC(C)(C)C1CCN(Cc2ccc(I)cc2)CC1. The van der Waals surface area contributed by atoms with Gasteiger partial charge in [0.2, 0.25) is 0 Å². The molecule has 1 aliphatic heterocycles. The van der Waals surface area contributed by atoms with E-state index >= 15 is 0 Å². The van der Waals surface area contributed by atoms with Gasteiger partial charge in [0.1, 0.15) is 0 Å². The van der Waals surface area contributed by atoms with E-state index in [1.54, 1.807) is 0 Å². The molecule has 0 aromatic heterocycles. The van der Waals surface area contributed by atoms with E-state index in [1.165, 1.54) is 35.1 Å². The number of benzene rings is 1. The monoisotopic (exact) mass is 357 g/mol. The average Bonchev–Trinajstić information content (AvgIpc) is 2.32. The van der Waals surface area contributed by atoms with Gasteiger partial charge in [-0.1, -0.05) is 32.9 Å². The topological polar surface area (TPSA) is 3.24 Å². The van der Waals surface area contributed by atoms with E-state index in [0.717, 1.165) is 12.5 Å². The number of hydrogen-bond acceptors (Lipinski definition) is 1. The van der Waals surface area contributed by atoms with Crippen molar-refractivity contribution in [1.29, 1.82) is 0 Å². The molecule has 0 bridgehead atoms. The van der Waals surface area contributed by atoms with E-state index in [9.17, 15) is 0 Å². The van der Waals surface area contributed by atoms with Crippen molar-refractivity contribution in [3.63, 3.8) is 0 Å². The molecule has 1 saturated heterocycles. The minimum atomic E-state index is 0.481. The van der Waals surface area contributed by atoms with Gasteiger partial charge in [0.05, 0.1) is 0 Å². The number of halogens is 1. The molecular weight excluding hydrogens is 333 g/mol. The number of rotatable bonds is 2. The smallest absolute Gasteiger partial charge is 0.0233 e. The van der Waals surface area contributed by atoms with Crippen LogP contribution in [0.25, 0.3) is 0 Å². The summed E-state index contributed by atoms with van der Waals surface area (Å²) in [5.41, 5.74) is 1.93. The molecule has 0 atom stereocenters. The quantitative estimate of drug-likeness (QED) is 0.702. The van der Waals surface area contributed by atoms with Crippen LogP contribution in [0, 0.1) is 14.9 Å². The Morgan fingerprint density at radius 2 is 1.67 bits per heavy atom. The summed E-state index contributed by atoms with van der Waals surface area (Å²) in [6, 6.07) is 8.94. The molecule has 0 N–H and O–H groups in total. The van der Waals surface area contributed by atoms with Crippen molar-refractivity contribution in [2.24, 2.45) is 11.3 Å². The third-order valence-corrected chi connectivity index (χ3v) is 4.85. The molecule has 0 unspecified atom stereocenters. The van der Waals surface area contributed by atoms with Gasteiger partial charge in [-0.2, -0.15) is 0 Å². The minimum absolute atomic E-state index is 0.481. The van der Waals surface area contributed by atoms with Crippen LogP contribution < -0.4 is 0 Å². The van der Waals surface area contributed by atoms with Crippen LogP contribution in [-0.2, 0) is 6.54 Å². The van der Waals surface area contributed by atoms with Gasteiger partial charge in [-0.25, -0.2) is 0 Å². The first-order valence-corrected chi connectivity index (χ1v) is 8.00.